The summed E-state index contributed by atoms with van der Waals surface area (Å²) in [6.45, 7) is 0. The van der Waals surface area contributed by atoms with Gasteiger partial charge < -0.3 is 9.84 Å². The lowest BCUT2D eigenvalue weighted by Crippen LogP contribution is -2.55. The van der Waals surface area contributed by atoms with E-state index in [4.69, 9.17) is 0 Å². The Kier molecular flexibility index (Phi) is 5.69. The second-order valence-electron chi connectivity index (χ2n) is 5.21. The van der Waals surface area contributed by atoms with Crippen molar-refractivity contribution in [3.63, 3.8) is 0 Å². The molecular weight excluding hydrogens is 325 g/mol. The topological polar surface area (TPSA) is 46.5 Å². The number of carbonyl (C=O) groups is 1. The number of esters is 1. The zero-order valence-corrected chi connectivity index (χ0v) is 11.3. The highest BCUT2D eigenvalue weighted by Gasteiger charge is 2.73. The fourth-order valence-electron chi connectivity index (χ4n) is 2.17. The van der Waals surface area contributed by atoms with Crippen LogP contribution in [-0.4, -0.2) is 41.3 Å². The first-order valence-electron chi connectivity index (χ1n) is 6.59. The number of halogens is 7. The number of aliphatic hydroxyl groups excluding tert-OH is 1. The van der Waals surface area contributed by atoms with Gasteiger partial charge in [-0.3, -0.25) is 0 Å². The number of carbonyl (C=O) groups excluding carboxylic acids is 1. The Morgan fingerprint density at radius 3 is 1.86 bits per heavy atom. The van der Waals surface area contributed by atoms with Crippen LogP contribution in [0.15, 0.2) is 0 Å². The van der Waals surface area contributed by atoms with Crippen molar-refractivity contribution in [3.05, 3.63) is 0 Å². The van der Waals surface area contributed by atoms with Crippen LogP contribution in [0.5, 0.6) is 0 Å². The van der Waals surface area contributed by atoms with Gasteiger partial charge in [-0.2, -0.15) is 26.3 Å². The molecule has 3 nitrogen and oxygen atoms in total. The van der Waals surface area contributed by atoms with Crippen molar-refractivity contribution in [2.24, 2.45) is 0 Å². The lowest BCUT2D eigenvalue weighted by Gasteiger charge is -2.31. The number of rotatable bonds is 4. The molecule has 1 N–H and O–H groups in total. The second kappa shape index (κ2) is 6.59. The van der Waals surface area contributed by atoms with Crippen molar-refractivity contribution in [2.75, 3.05) is 0 Å². The summed E-state index contributed by atoms with van der Waals surface area (Å²) in [5.74, 6) is -1.68. The largest absolute Gasteiger partial charge is 0.460 e. The maximum Gasteiger partial charge on any atom is 0.431 e. The Morgan fingerprint density at radius 2 is 1.45 bits per heavy atom. The molecule has 0 radical (unpaired) electrons. The zero-order chi connectivity index (χ0) is 17.2. The maximum atomic E-state index is 13.4. The van der Waals surface area contributed by atoms with Crippen molar-refractivity contribution in [1.29, 1.82) is 0 Å². The molecule has 0 aromatic rings. The summed E-state index contributed by atoms with van der Waals surface area (Å²) in [6, 6.07) is 0. The minimum absolute atomic E-state index is 0.401. The third kappa shape index (κ3) is 4.23. The molecule has 10 heteroatoms. The number of hydrogen-bond acceptors (Lipinski definition) is 3. The van der Waals surface area contributed by atoms with Gasteiger partial charge in [-0.1, -0.05) is 6.42 Å². The lowest BCUT2D eigenvalue weighted by atomic mass is 9.95. The van der Waals surface area contributed by atoms with Gasteiger partial charge in [0, 0.05) is 6.42 Å². The van der Waals surface area contributed by atoms with Gasteiger partial charge in [0.1, 0.15) is 6.10 Å². The van der Waals surface area contributed by atoms with Crippen molar-refractivity contribution < 1.29 is 45.4 Å². The van der Waals surface area contributed by atoms with Crippen molar-refractivity contribution in [2.45, 2.75) is 68.8 Å². The predicted octanol–water partition coefficient (Wildman–Crippen LogP) is 3.45. The summed E-state index contributed by atoms with van der Waals surface area (Å²) in [5.41, 5.74) is -5.68. The van der Waals surface area contributed by atoms with Gasteiger partial charge in [0.2, 0.25) is 0 Å². The molecular formula is C12H15F7O3. The molecule has 0 aromatic carbocycles. The van der Waals surface area contributed by atoms with Gasteiger partial charge in [-0.05, 0) is 25.7 Å². The molecule has 1 rings (SSSR count). The molecule has 1 aliphatic carbocycles. The van der Waals surface area contributed by atoms with E-state index in [0.717, 1.165) is 6.42 Å². The molecule has 0 aliphatic heterocycles. The van der Waals surface area contributed by atoms with Gasteiger partial charge in [0.15, 0.2) is 6.10 Å². The van der Waals surface area contributed by atoms with Crippen LogP contribution >= 0.6 is 0 Å². The van der Waals surface area contributed by atoms with Crippen LogP contribution < -0.4 is 0 Å². The summed E-state index contributed by atoms with van der Waals surface area (Å²) < 4.78 is 92.0. The van der Waals surface area contributed by atoms with Gasteiger partial charge in [0.25, 0.3) is 0 Å². The molecule has 0 saturated heterocycles. The first kappa shape index (κ1) is 19.0. The molecule has 22 heavy (non-hydrogen) atoms. The molecule has 1 unspecified atom stereocenters. The molecule has 1 atom stereocenters. The van der Waals surface area contributed by atoms with Gasteiger partial charge in [0.05, 0.1) is 0 Å². The average molecular weight is 340 g/mol. The maximum absolute atomic E-state index is 13.4. The number of alkyl halides is 7. The van der Waals surface area contributed by atoms with Crippen molar-refractivity contribution >= 4 is 5.97 Å². The summed E-state index contributed by atoms with van der Waals surface area (Å²) in [4.78, 5) is 11.4. The van der Waals surface area contributed by atoms with Gasteiger partial charge in [-0.25, -0.2) is 9.18 Å². The Labute approximate surface area is 121 Å². The Balaban J connectivity index is 2.74. The standard InChI is InChI=1S/C12H15F7O3/c13-10(11(14,15)16,12(17,18)19)6-8(20)9(21)22-7-4-2-1-3-5-7/h7-8,20H,1-6H2. The predicted molar refractivity (Wildman–Crippen MR) is 59.5 cm³/mol. The normalized spacial score (nSPS) is 19.8. The number of aliphatic hydroxyl groups is 1. The smallest absolute Gasteiger partial charge is 0.431 e. The molecule has 1 saturated carbocycles. The monoisotopic (exact) mass is 340 g/mol. The van der Waals surface area contributed by atoms with Crippen LogP contribution in [0.2, 0.25) is 0 Å². The highest BCUT2D eigenvalue weighted by molar-refractivity contribution is 5.74. The van der Waals surface area contributed by atoms with E-state index in [0.29, 0.717) is 25.7 Å². The van der Waals surface area contributed by atoms with Crippen LogP contribution in [0.3, 0.4) is 0 Å². The molecule has 0 bridgehead atoms. The van der Waals surface area contributed by atoms with Crippen molar-refractivity contribution in [3.8, 4) is 0 Å². The zero-order valence-electron chi connectivity index (χ0n) is 11.3. The Hall–Kier alpha value is -1.06. The molecule has 0 heterocycles. The second-order valence-corrected chi connectivity index (χ2v) is 5.21. The summed E-state index contributed by atoms with van der Waals surface area (Å²) in [5, 5.41) is 9.20. The molecule has 130 valence electrons. The first-order valence-corrected chi connectivity index (χ1v) is 6.59. The first-order chi connectivity index (χ1) is 9.88. The molecule has 1 fully saturated rings. The Morgan fingerprint density at radius 1 is 1.00 bits per heavy atom. The van der Waals surface area contributed by atoms with Gasteiger partial charge in [-0.15, -0.1) is 0 Å². The van der Waals surface area contributed by atoms with E-state index in [2.05, 4.69) is 4.74 Å². The van der Waals surface area contributed by atoms with Crippen LogP contribution in [0.25, 0.3) is 0 Å². The summed E-state index contributed by atoms with van der Waals surface area (Å²) >= 11 is 0. The third-order valence-corrected chi connectivity index (χ3v) is 3.48. The fourth-order valence-corrected chi connectivity index (χ4v) is 2.17. The van der Waals surface area contributed by atoms with E-state index >= 15 is 0 Å². The highest BCUT2D eigenvalue weighted by Crippen LogP contribution is 2.49. The quantitative estimate of drug-likeness (QED) is 0.630. The van der Waals surface area contributed by atoms with Crippen LogP contribution in [0.1, 0.15) is 38.5 Å². The minimum Gasteiger partial charge on any atom is -0.460 e. The van der Waals surface area contributed by atoms with Gasteiger partial charge >= 0.3 is 24.0 Å². The molecule has 0 spiro atoms. The van der Waals surface area contributed by atoms with E-state index in [1.165, 1.54) is 0 Å². The average Bonchev–Trinajstić information content (AvgIpc) is 2.37. The van der Waals surface area contributed by atoms with E-state index in [9.17, 15) is 40.6 Å². The van der Waals surface area contributed by atoms with Crippen LogP contribution in [-0.2, 0) is 9.53 Å². The van der Waals surface area contributed by atoms with E-state index in [-0.39, 0.29) is 0 Å². The number of hydrogen-bond donors (Lipinski definition) is 1. The molecule has 1 aliphatic rings. The molecule has 0 amide bonds. The Bertz CT molecular complexity index is 371. The highest BCUT2D eigenvalue weighted by atomic mass is 19.4. The van der Waals surface area contributed by atoms with E-state index in [1.54, 1.807) is 0 Å². The van der Waals surface area contributed by atoms with Crippen molar-refractivity contribution in [1.82, 2.24) is 0 Å². The fraction of sp³-hybridized carbons (Fsp3) is 0.917. The number of ether oxygens (including phenoxy) is 1. The summed E-state index contributed by atoms with van der Waals surface area (Å²) in [7, 11) is 0. The molecule has 0 aromatic heterocycles. The third-order valence-electron chi connectivity index (χ3n) is 3.48. The SMILES string of the molecule is O=C(OC1CCCCC1)C(O)CC(F)(C(F)(F)F)C(F)(F)F. The van der Waals surface area contributed by atoms with E-state index in [1.807, 2.05) is 0 Å². The van der Waals surface area contributed by atoms with Crippen LogP contribution in [0, 0.1) is 0 Å². The van der Waals surface area contributed by atoms with E-state index < -0.39 is 42.6 Å². The summed E-state index contributed by atoms with van der Waals surface area (Å²) in [6.07, 6.45) is -15.6. The lowest BCUT2D eigenvalue weighted by molar-refractivity contribution is -0.346. The minimum atomic E-state index is -6.31. The van der Waals surface area contributed by atoms with Crippen LogP contribution in [0.4, 0.5) is 30.7 Å².